The van der Waals surface area contributed by atoms with Crippen LogP contribution in [0.3, 0.4) is 0 Å². The molecule has 0 unspecified atom stereocenters. The Labute approximate surface area is 154 Å². The third-order valence-electron chi connectivity index (χ3n) is 4.98. The molecule has 0 N–H and O–H groups in total. The first-order valence-electron chi connectivity index (χ1n) is 9.05. The lowest BCUT2D eigenvalue weighted by Gasteiger charge is -2.37. The number of aromatic nitrogens is 1. The van der Waals surface area contributed by atoms with Crippen LogP contribution < -0.4 is 0 Å². The first-order chi connectivity index (χ1) is 12.1. The first-order valence-corrected chi connectivity index (χ1v) is 9.93. The standard InChI is InChI=1S/C20H27N3OS/c1-16-21-18(15-25-16)13-20(24)22(2)19-9-6-11-23(14-19)12-10-17-7-4-3-5-8-17/h3-5,7-8,15,19H,6,9-14H2,1-2H3/t19-/m1/s1. The minimum Gasteiger partial charge on any atom is -0.341 e. The third kappa shape index (κ3) is 5.13. The predicted octanol–water partition coefficient (Wildman–Crippen LogP) is 3.16. The molecule has 1 aliphatic rings. The SMILES string of the molecule is Cc1nc(CC(=O)N(C)[C@@H]2CCCN(CCc3ccccc3)C2)cs1. The molecule has 3 rings (SSSR count). The van der Waals surface area contributed by atoms with Crippen LogP contribution in [0.5, 0.6) is 0 Å². The highest BCUT2D eigenvalue weighted by atomic mass is 32.1. The topological polar surface area (TPSA) is 36.4 Å². The van der Waals surface area contributed by atoms with Crippen molar-refractivity contribution in [3.8, 4) is 0 Å². The van der Waals surface area contributed by atoms with Gasteiger partial charge in [0.15, 0.2) is 0 Å². The third-order valence-corrected chi connectivity index (χ3v) is 5.80. The summed E-state index contributed by atoms with van der Waals surface area (Å²) in [5, 5.41) is 3.02. The number of rotatable bonds is 6. The van der Waals surface area contributed by atoms with Crippen molar-refractivity contribution in [3.05, 3.63) is 52.0 Å². The average molecular weight is 358 g/mol. The average Bonchev–Trinajstić information content (AvgIpc) is 3.05. The number of benzene rings is 1. The van der Waals surface area contributed by atoms with E-state index in [9.17, 15) is 4.79 Å². The molecular weight excluding hydrogens is 330 g/mol. The molecule has 5 heteroatoms. The van der Waals surface area contributed by atoms with Gasteiger partial charge in [-0.05, 0) is 38.3 Å². The van der Waals surface area contributed by atoms with Gasteiger partial charge in [0.1, 0.15) is 0 Å². The molecule has 0 saturated carbocycles. The zero-order valence-corrected chi connectivity index (χ0v) is 16.0. The quantitative estimate of drug-likeness (QED) is 0.797. The Bertz CT molecular complexity index is 685. The van der Waals surface area contributed by atoms with Gasteiger partial charge in [0.2, 0.25) is 5.91 Å². The molecule has 1 atom stereocenters. The van der Waals surface area contributed by atoms with Gasteiger partial charge in [-0.3, -0.25) is 4.79 Å². The number of hydrogen-bond acceptors (Lipinski definition) is 4. The molecule has 1 amide bonds. The van der Waals surface area contributed by atoms with E-state index in [1.54, 1.807) is 11.3 Å². The summed E-state index contributed by atoms with van der Waals surface area (Å²) in [6.45, 7) is 5.16. The highest BCUT2D eigenvalue weighted by Crippen LogP contribution is 2.17. The molecule has 2 heterocycles. The highest BCUT2D eigenvalue weighted by molar-refractivity contribution is 7.09. The van der Waals surface area contributed by atoms with Crippen molar-refractivity contribution in [2.45, 2.75) is 38.6 Å². The molecule has 0 radical (unpaired) electrons. The van der Waals surface area contributed by atoms with Crippen molar-refractivity contribution in [2.75, 3.05) is 26.7 Å². The molecule has 2 aromatic rings. The van der Waals surface area contributed by atoms with Gasteiger partial charge in [-0.2, -0.15) is 0 Å². The van der Waals surface area contributed by atoms with Crippen LogP contribution in [0.1, 0.15) is 29.1 Å². The summed E-state index contributed by atoms with van der Waals surface area (Å²) in [5.41, 5.74) is 2.28. The number of aryl methyl sites for hydroxylation is 1. The lowest BCUT2D eigenvalue weighted by Crippen LogP contribution is -2.49. The van der Waals surface area contributed by atoms with Crippen molar-refractivity contribution in [1.82, 2.24) is 14.8 Å². The molecule has 0 spiro atoms. The van der Waals surface area contributed by atoms with Crippen molar-refractivity contribution in [1.29, 1.82) is 0 Å². The van der Waals surface area contributed by atoms with E-state index in [2.05, 4.69) is 40.2 Å². The van der Waals surface area contributed by atoms with Crippen LogP contribution in [-0.2, 0) is 17.6 Å². The smallest absolute Gasteiger partial charge is 0.228 e. The number of nitrogens with zero attached hydrogens (tertiary/aromatic N) is 3. The fraction of sp³-hybridized carbons (Fsp3) is 0.500. The number of piperidine rings is 1. The monoisotopic (exact) mass is 357 g/mol. The Morgan fingerprint density at radius 2 is 2.16 bits per heavy atom. The largest absolute Gasteiger partial charge is 0.341 e. The first kappa shape index (κ1) is 18.1. The molecule has 1 aromatic heterocycles. The van der Waals surface area contributed by atoms with Gasteiger partial charge in [0.05, 0.1) is 17.1 Å². The summed E-state index contributed by atoms with van der Waals surface area (Å²) in [7, 11) is 1.95. The maximum atomic E-state index is 12.6. The summed E-state index contributed by atoms with van der Waals surface area (Å²) in [5.74, 6) is 0.181. The van der Waals surface area contributed by atoms with E-state index in [4.69, 9.17) is 0 Å². The maximum absolute atomic E-state index is 12.6. The summed E-state index contributed by atoms with van der Waals surface area (Å²) in [6, 6.07) is 10.9. The van der Waals surface area contributed by atoms with Crippen molar-refractivity contribution in [3.63, 3.8) is 0 Å². The summed E-state index contributed by atoms with van der Waals surface area (Å²) in [4.78, 5) is 21.4. The van der Waals surface area contributed by atoms with Crippen LogP contribution in [0.15, 0.2) is 35.7 Å². The summed E-state index contributed by atoms with van der Waals surface area (Å²) >= 11 is 1.61. The molecule has 25 heavy (non-hydrogen) atoms. The fourth-order valence-corrected chi connectivity index (χ4v) is 4.07. The van der Waals surface area contributed by atoms with Crippen molar-refractivity contribution >= 4 is 17.2 Å². The molecule has 0 bridgehead atoms. The minimum absolute atomic E-state index is 0.181. The van der Waals surface area contributed by atoms with Crippen LogP contribution in [0, 0.1) is 6.92 Å². The normalized spacial score (nSPS) is 18.2. The Kier molecular flexibility index (Phi) is 6.21. The predicted molar refractivity (Wildman–Crippen MR) is 103 cm³/mol. The van der Waals surface area contributed by atoms with E-state index < -0.39 is 0 Å². The maximum Gasteiger partial charge on any atom is 0.228 e. The second-order valence-electron chi connectivity index (χ2n) is 6.87. The number of amides is 1. The van der Waals surface area contributed by atoms with Gasteiger partial charge in [-0.15, -0.1) is 11.3 Å². The van der Waals surface area contributed by atoms with Crippen LogP contribution in [0.2, 0.25) is 0 Å². The van der Waals surface area contributed by atoms with Gasteiger partial charge in [0, 0.05) is 31.6 Å². The number of hydrogen-bond donors (Lipinski definition) is 0. The number of carbonyl (C=O) groups excluding carboxylic acids is 1. The lowest BCUT2D eigenvalue weighted by atomic mass is 10.0. The van der Waals surface area contributed by atoms with Crippen LogP contribution in [0.25, 0.3) is 0 Å². The number of likely N-dealkylation sites (tertiary alicyclic amines) is 1. The second-order valence-corrected chi connectivity index (χ2v) is 7.93. The van der Waals surface area contributed by atoms with Crippen LogP contribution >= 0.6 is 11.3 Å². The fourth-order valence-electron chi connectivity index (χ4n) is 3.45. The van der Waals surface area contributed by atoms with E-state index >= 15 is 0 Å². The lowest BCUT2D eigenvalue weighted by molar-refractivity contribution is -0.132. The highest BCUT2D eigenvalue weighted by Gasteiger charge is 2.26. The Balaban J connectivity index is 1.50. The van der Waals surface area contributed by atoms with Gasteiger partial charge in [-0.1, -0.05) is 30.3 Å². The van der Waals surface area contributed by atoms with Gasteiger partial charge < -0.3 is 9.80 Å². The van der Waals surface area contributed by atoms with E-state index in [1.165, 1.54) is 5.56 Å². The summed E-state index contributed by atoms with van der Waals surface area (Å²) in [6.07, 6.45) is 3.75. The molecule has 1 fully saturated rings. The Morgan fingerprint density at radius 1 is 1.36 bits per heavy atom. The molecule has 1 saturated heterocycles. The number of thiazole rings is 1. The Hall–Kier alpha value is -1.72. The molecular formula is C20H27N3OS. The second kappa shape index (κ2) is 8.59. The molecule has 1 aromatic carbocycles. The Morgan fingerprint density at radius 3 is 2.88 bits per heavy atom. The van der Waals surface area contributed by atoms with E-state index in [1.807, 2.05) is 24.3 Å². The molecule has 0 aliphatic carbocycles. The molecule has 134 valence electrons. The van der Waals surface area contributed by atoms with Gasteiger partial charge >= 0.3 is 0 Å². The van der Waals surface area contributed by atoms with E-state index in [-0.39, 0.29) is 5.91 Å². The number of carbonyl (C=O) groups is 1. The number of likely N-dealkylation sites (N-methyl/N-ethyl adjacent to an activating group) is 1. The zero-order chi connectivity index (χ0) is 17.6. The van der Waals surface area contributed by atoms with Crippen LogP contribution in [0.4, 0.5) is 0 Å². The minimum atomic E-state index is 0.181. The van der Waals surface area contributed by atoms with Gasteiger partial charge in [0.25, 0.3) is 0 Å². The van der Waals surface area contributed by atoms with Gasteiger partial charge in [-0.25, -0.2) is 4.98 Å². The van der Waals surface area contributed by atoms with Crippen molar-refractivity contribution in [2.24, 2.45) is 0 Å². The molecule has 1 aliphatic heterocycles. The van der Waals surface area contributed by atoms with E-state index in [0.29, 0.717) is 12.5 Å². The zero-order valence-electron chi connectivity index (χ0n) is 15.1. The van der Waals surface area contributed by atoms with Crippen LogP contribution in [-0.4, -0.2) is 53.4 Å². The van der Waals surface area contributed by atoms with Crippen molar-refractivity contribution < 1.29 is 4.79 Å². The van der Waals surface area contributed by atoms with E-state index in [0.717, 1.165) is 49.6 Å². The summed E-state index contributed by atoms with van der Waals surface area (Å²) < 4.78 is 0. The molecule has 4 nitrogen and oxygen atoms in total.